The van der Waals surface area contributed by atoms with Crippen molar-refractivity contribution in [2.45, 2.75) is 20.0 Å². The smallest absolute Gasteiger partial charge is 0.267 e. The number of fused-ring (bicyclic) bond motifs is 2. The van der Waals surface area contributed by atoms with E-state index in [1.807, 2.05) is 25.1 Å². The number of hydrogen-bond donors (Lipinski definition) is 1. The van der Waals surface area contributed by atoms with Crippen molar-refractivity contribution in [3.8, 4) is 17.0 Å². The first-order valence-electron chi connectivity index (χ1n) is 8.03. The second-order valence-electron chi connectivity index (χ2n) is 6.23. The van der Waals surface area contributed by atoms with Gasteiger partial charge in [0.05, 0.1) is 22.5 Å². The molecular weight excluding hydrogens is 318 g/mol. The second kappa shape index (κ2) is 5.44. The van der Waals surface area contributed by atoms with Gasteiger partial charge in [-0.25, -0.2) is 4.98 Å². The Bertz CT molecular complexity index is 1070. The molecule has 0 radical (unpaired) electrons. The molecule has 6 nitrogen and oxygen atoms in total. The highest BCUT2D eigenvalue weighted by molar-refractivity contribution is 6.02. The first-order valence-corrected chi connectivity index (χ1v) is 8.03. The highest BCUT2D eigenvalue weighted by atomic mass is 16.5. The standard InChI is InChI=1S/C19H17N3O3/c1-10-7-14(12-5-4-6-20-18(12)23)21-15-9-17-16(8-13(10)15)22(3)19(24)11(2)25-17/h4-9,11H,1-3H3,(H,20,23). The Kier molecular flexibility index (Phi) is 3.35. The van der Waals surface area contributed by atoms with Gasteiger partial charge in [-0.15, -0.1) is 0 Å². The number of aromatic amines is 1. The minimum absolute atomic E-state index is 0.0788. The van der Waals surface area contributed by atoms with E-state index in [1.165, 1.54) is 0 Å². The van der Waals surface area contributed by atoms with Crippen molar-refractivity contribution >= 4 is 22.5 Å². The third-order valence-corrected chi connectivity index (χ3v) is 4.53. The molecule has 3 aromatic rings. The summed E-state index contributed by atoms with van der Waals surface area (Å²) in [6, 6.07) is 9.15. The van der Waals surface area contributed by atoms with Crippen LogP contribution >= 0.6 is 0 Å². The van der Waals surface area contributed by atoms with Crippen LogP contribution < -0.4 is 15.2 Å². The fraction of sp³-hybridized carbons (Fsp3) is 0.211. The lowest BCUT2D eigenvalue weighted by atomic mass is 10.0. The van der Waals surface area contributed by atoms with Gasteiger partial charge in [0.2, 0.25) is 0 Å². The minimum atomic E-state index is -0.531. The molecule has 1 unspecified atom stereocenters. The first-order chi connectivity index (χ1) is 12.0. The summed E-state index contributed by atoms with van der Waals surface area (Å²) in [6.45, 7) is 3.69. The van der Waals surface area contributed by atoms with E-state index in [-0.39, 0.29) is 11.5 Å². The number of anilines is 1. The number of hydrogen-bond acceptors (Lipinski definition) is 4. The Labute approximate surface area is 144 Å². The molecule has 1 atom stereocenters. The van der Waals surface area contributed by atoms with Gasteiger partial charge in [-0.05, 0) is 43.7 Å². The number of aryl methyl sites for hydroxylation is 1. The SMILES string of the molecule is Cc1cc(-c2ccc[nH]c2=O)nc2cc3c(cc12)N(C)C(=O)C(C)O3. The van der Waals surface area contributed by atoms with Gasteiger partial charge < -0.3 is 14.6 Å². The fourth-order valence-corrected chi connectivity index (χ4v) is 3.16. The maximum Gasteiger partial charge on any atom is 0.267 e. The molecule has 3 heterocycles. The number of carbonyl (C=O) groups is 1. The van der Waals surface area contributed by atoms with Gasteiger partial charge in [0.15, 0.2) is 6.10 Å². The Morgan fingerprint density at radius 3 is 2.80 bits per heavy atom. The number of benzene rings is 1. The van der Waals surface area contributed by atoms with Crippen LogP contribution in [0.5, 0.6) is 5.75 Å². The van der Waals surface area contributed by atoms with E-state index in [0.717, 1.165) is 22.2 Å². The normalized spacial score (nSPS) is 16.7. The summed E-state index contributed by atoms with van der Waals surface area (Å²) in [7, 11) is 1.74. The monoisotopic (exact) mass is 335 g/mol. The van der Waals surface area contributed by atoms with Crippen LogP contribution in [0.15, 0.2) is 41.3 Å². The highest BCUT2D eigenvalue weighted by Gasteiger charge is 2.29. The molecule has 1 N–H and O–H groups in total. The number of H-pyrrole nitrogens is 1. The van der Waals surface area contributed by atoms with E-state index in [9.17, 15) is 9.59 Å². The van der Waals surface area contributed by atoms with Crippen LogP contribution in [-0.2, 0) is 4.79 Å². The molecule has 0 spiro atoms. The highest BCUT2D eigenvalue weighted by Crippen LogP contribution is 2.38. The quantitative estimate of drug-likeness (QED) is 0.742. The van der Waals surface area contributed by atoms with Crippen LogP contribution in [-0.4, -0.2) is 29.0 Å². The number of ether oxygens (including phenoxy) is 1. The predicted molar refractivity (Wildman–Crippen MR) is 96.0 cm³/mol. The zero-order chi connectivity index (χ0) is 17.7. The third kappa shape index (κ3) is 2.38. The van der Waals surface area contributed by atoms with Crippen molar-refractivity contribution in [2.24, 2.45) is 0 Å². The number of carbonyl (C=O) groups excluding carboxylic acids is 1. The van der Waals surface area contributed by atoms with Gasteiger partial charge in [-0.1, -0.05) is 0 Å². The molecule has 0 bridgehead atoms. The number of aromatic nitrogens is 2. The average molecular weight is 335 g/mol. The average Bonchev–Trinajstić information content (AvgIpc) is 2.59. The van der Waals surface area contributed by atoms with Gasteiger partial charge in [0, 0.05) is 24.7 Å². The van der Waals surface area contributed by atoms with E-state index >= 15 is 0 Å². The minimum Gasteiger partial charge on any atom is -0.479 e. The summed E-state index contributed by atoms with van der Waals surface area (Å²) < 4.78 is 5.73. The number of nitrogens with zero attached hydrogens (tertiary/aromatic N) is 2. The predicted octanol–water partition coefficient (Wildman–Crippen LogP) is 2.64. The maximum absolute atomic E-state index is 12.1. The molecule has 126 valence electrons. The zero-order valence-corrected chi connectivity index (χ0v) is 14.2. The molecule has 1 aromatic carbocycles. The molecule has 0 saturated heterocycles. The van der Waals surface area contributed by atoms with Crippen LogP contribution in [0.3, 0.4) is 0 Å². The molecule has 0 aliphatic carbocycles. The third-order valence-electron chi connectivity index (χ3n) is 4.53. The van der Waals surface area contributed by atoms with Crippen molar-refractivity contribution in [1.82, 2.24) is 9.97 Å². The van der Waals surface area contributed by atoms with Crippen molar-refractivity contribution in [1.29, 1.82) is 0 Å². The van der Waals surface area contributed by atoms with Crippen molar-refractivity contribution in [2.75, 3.05) is 11.9 Å². The molecule has 2 aromatic heterocycles. The Balaban J connectivity index is 1.95. The molecular formula is C19H17N3O3. The van der Waals surface area contributed by atoms with E-state index in [0.29, 0.717) is 17.0 Å². The largest absolute Gasteiger partial charge is 0.479 e. The van der Waals surface area contributed by atoms with Crippen LogP contribution in [0.2, 0.25) is 0 Å². The van der Waals surface area contributed by atoms with Crippen LogP contribution in [0.25, 0.3) is 22.2 Å². The maximum atomic E-state index is 12.1. The lowest BCUT2D eigenvalue weighted by Crippen LogP contribution is -2.41. The van der Waals surface area contributed by atoms with Crippen molar-refractivity contribution in [3.05, 3.63) is 52.4 Å². The fourth-order valence-electron chi connectivity index (χ4n) is 3.16. The van der Waals surface area contributed by atoms with E-state index < -0.39 is 6.10 Å². The zero-order valence-electron chi connectivity index (χ0n) is 14.2. The molecule has 1 aliphatic rings. The van der Waals surface area contributed by atoms with E-state index in [1.54, 1.807) is 37.2 Å². The summed E-state index contributed by atoms with van der Waals surface area (Å²) in [5, 5.41) is 0.924. The molecule has 6 heteroatoms. The number of pyridine rings is 2. The second-order valence-corrected chi connectivity index (χ2v) is 6.23. The van der Waals surface area contributed by atoms with Crippen LogP contribution in [0.1, 0.15) is 12.5 Å². The molecule has 25 heavy (non-hydrogen) atoms. The van der Waals surface area contributed by atoms with Crippen molar-refractivity contribution in [3.63, 3.8) is 0 Å². The summed E-state index contributed by atoms with van der Waals surface area (Å²) in [5.74, 6) is 0.540. The number of amides is 1. The number of rotatable bonds is 1. The summed E-state index contributed by atoms with van der Waals surface area (Å²) in [6.07, 6.45) is 1.06. The Morgan fingerprint density at radius 1 is 1.24 bits per heavy atom. The summed E-state index contributed by atoms with van der Waals surface area (Å²) in [5.41, 5.74) is 3.39. The van der Waals surface area contributed by atoms with Gasteiger partial charge in [0.1, 0.15) is 5.75 Å². The summed E-state index contributed by atoms with van der Waals surface area (Å²) in [4.78, 5) is 33.1. The van der Waals surface area contributed by atoms with E-state index in [2.05, 4.69) is 9.97 Å². The van der Waals surface area contributed by atoms with Crippen LogP contribution in [0.4, 0.5) is 5.69 Å². The summed E-state index contributed by atoms with van der Waals surface area (Å²) >= 11 is 0. The van der Waals surface area contributed by atoms with Gasteiger partial charge >= 0.3 is 0 Å². The Hall–Kier alpha value is -3.15. The number of likely N-dealkylation sites (N-methyl/N-ethyl adjacent to an activating group) is 1. The van der Waals surface area contributed by atoms with Gasteiger partial charge in [0.25, 0.3) is 11.5 Å². The van der Waals surface area contributed by atoms with Crippen LogP contribution in [0, 0.1) is 6.92 Å². The molecule has 0 saturated carbocycles. The van der Waals surface area contributed by atoms with Gasteiger partial charge in [-0.2, -0.15) is 0 Å². The van der Waals surface area contributed by atoms with E-state index in [4.69, 9.17) is 4.74 Å². The molecule has 0 fully saturated rings. The molecule has 1 aliphatic heterocycles. The molecule has 1 amide bonds. The Morgan fingerprint density at radius 2 is 2.04 bits per heavy atom. The number of nitrogens with one attached hydrogen (secondary N) is 1. The lowest BCUT2D eigenvalue weighted by Gasteiger charge is -2.30. The van der Waals surface area contributed by atoms with Crippen molar-refractivity contribution < 1.29 is 9.53 Å². The molecule has 4 rings (SSSR count). The first kappa shape index (κ1) is 15.4. The van der Waals surface area contributed by atoms with Gasteiger partial charge in [-0.3, -0.25) is 9.59 Å². The topological polar surface area (TPSA) is 75.3 Å². The lowest BCUT2D eigenvalue weighted by molar-refractivity contribution is -0.125.